The highest BCUT2D eigenvalue weighted by Gasteiger charge is 2.74. The van der Waals surface area contributed by atoms with E-state index in [0.717, 1.165) is 12.8 Å². The van der Waals surface area contributed by atoms with E-state index in [1.54, 1.807) is 42.5 Å². The molecule has 1 N–H and O–H groups in total. The average molecular weight is 450 g/mol. The van der Waals surface area contributed by atoms with Gasteiger partial charge in [-0.05, 0) is 68.8 Å². The molecule has 1 spiro atoms. The number of carbonyl (C=O) groups is 4. The minimum atomic E-state index is -1.24. The number of nitrogens with one attached hydrogen (secondary N) is 1. The predicted octanol–water partition coefficient (Wildman–Crippen LogP) is 2.97. The predicted molar refractivity (Wildman–Crippen MR) is 117 cm³/mol. The lowest BCUT2D eigenvalue weighted by Gasteiger charge is -2.36. The van der Waals surface area contributed by atoms with E-state index in [1.165, 1.54) is 11.8 Å². The highest BCUT2D eigenvalue weighted by molar-refractivity contribution is 6.31. The number of carbonyl (C=O) groups excluding carboxylic acids is 4. The summed E-state index contributed by atoms with van der Waals surface area (Å²) >= 11 is 6.30. The molecule has 2 aromatic carbocycles. The highest BCUT2D eigenvalue weighted by Crippen LogP contribution is 2.60. The van der Waals surface area contributed by atoms with Crippen LogP contribution >= 0.6 is 11.6 Å². The molecule has 0 aliphatic carbocycles. The third-order valence-electron chi connectivity index (χ3n) is 7.49. The zero-order valence-electron chi connectivity index (χ0n) is 17.3. The summed E-state index contributed by atoms with van der Waals surface area (Å²) in [5.74, 6) is -2.46. The van der Waals surface area contributed by atoms with Crippen molar-refractivity contribution in [2.45, 2.75) is 31.3 Å². The van der Waals surface area contributed by atoms with E-state index in [4.69, 9.17) is 11.6 Å². The normalized spacial score (nSPS) is 30.6. The number of nitrogens with zero attached hydrogens (tertiary/aromatic N) is 2. The van der Waals surface area contributed by atoms with Gasteiger partial charge in [0.15, 0.2) is 5.78 Å². The van der Waals surface area contributed by atoms with Crippen molar-refractivity contribution in [3.05, 3.63) is 58.6 Å². The van der Waals surface area contributed by atoms with Gasteiger partial charge in [0.05, 0.1) is 17.5 Å². The smallest absolute Gasteiger partial charge is 0.250 e. The number of halogens is 1. The summed E-state index contributed by atoms with van der Waals surface area (Å²) in [4.78, 5) is 55.9. The van der Waals surface area contributed by atoms with Crippen LogP contribution in [0.1, 0.15) is 35.7 Å². The lowest BCUT2D eigenvalue weighted by Crippen LogP contribution is -2.54. The third-order valence-corrected chi connectivity index (χ3v) is 7.72. The van der Waals surface area contributed by atoms with Crippen molar-refractivity contribution in [3.8, 4) is 0 Å². The van der Waals surface area contributed by atoms with Crippen LogP contribution in [0.25, 0.3) is 0 Å². The van der Waals surface area contributed by atoms with E-state index in [2.05, 4.69) is 10.2 Å². The quantitative estimate of drug-likeness (QED) is 0.562. The molecule has 6 rings (SSSR count). The summed E-state index contributed by atoms with van der Waals surface area (Å²) in [5.41, 5.74) is 0.987. The largest absolute Gasteiger partial charge is 0.324 e. The monoisotopic (exact) mass is 449 g/mol. The van der Waals surface area contributed by atoms with E-state index in [1.807, 2.05) is 0 Å². The van der Waals surface area contributed by atoms with Gasteiger partial charge in [-0.2, -0.15) is 0 Å². The van der Waals surface area contributed by atoms with E-state index >= 15 is 0 Å². The Labute approximate surface area is 189 Å². The summed E-state index contributed by atoms with van der Waals surface area (Å²) in [6, 6.07) is 11.5. The fourth-order valence-corrected chi connectivity index (χ4v) is 6.45. The second-order valence-electron chi connectivity index (χ2n) is 8.93. The van der Waals surface area contributed by atoms with Crippen LogP contribution in [0.15, 0.2) is 42.5 Å². The standard InChI is InChI=1S/C24H20ClN3O4/c1-12(29)13-4-7-15(8-5-13)28-21(30)19-18-3-2-10-27(18)24(20(19)22(28)31)16-11-14(25)6-9-17(16)26-23(24)32/h4-9,11,18-20H,2-3,10H2,1H3,(H,26,32)/t18-,19+,20+,24+/m0/s1. The lowest BCUT2D eigenvalue weighted by molar-refractivity contribution is -0.135. The topological polar surface area (TPSA) is 86.8 Å². The Balaban J connectivity index is 1.51. The molecular formula is C24H20ClN3O4. The van der Waals surface area contributed by atoms with Crippen molar-refractivity contribution in [2.75, 3.05) is 16.8 Å². The van der Waals surface area contributed by atoms with Gasteiger partial charge in [0.2, 0.25) is 17.7 Å². The first-order chi connectivity index (χ1) is 15.4. The maximum absolute atomic E-state index is 13.8. The van der Waals surface area contributed by atoms with Gasteiger partial charge < -0.3 is 5.32 Å². The molecule has 0 unspecified atom stereocenters. The van der Waals surface area contributed by atoms with Gasteiger partial charge in [-0.15, -0.1) is 0 Å². The number of hydrogen-bond acceptors (Lipinski definition) is 5. The Morgan fingerprint density at radius 3 is 2.56 bits per heavy atom. The maximum atomic E-state index is 13.8. The third kappa shape index (κ3) is 2.25. The average Bonchev–Trinajstić information content (AvgIpc) is 3.47. The van der Waals surface area contributed by atoms with Crippen molar-refractivity contribution >= 4 is 46.5 Å². The Morgan fingerprint density at radius 1 is 1.09 bits per heavy atom. The zero-order chi connectivity index (χ0) is 22.4. The number of hydrogen-bond donors (Lipinski definition) is 1. The molecule has 3 amide bonds. The van der Waals surface area contributed by atoms with E-state index in [0.29, 0.717) is 34.1 Å². The molecule has 3 saturated heterocycles. The first-order valence-corrected chi connectivity index (χ1v) is 11.1. The molecule has 4 aliphatic heterocycles. The van der Waals surface area contributed by atoms with Crippen molar-refractivity contribution in [2.24, 2.45) is 11.8 Å². The maximum Gasteiger partial charge on any atom is 0.250 e. The number of Topliss-reactive ketones (excluding diaryl/α,β-unsaturated/α-hetero) is 1. The minimum Gasteiger partial charge on any atom is -0.324 e. The Kier molecular flexibility index (Phi) is 3.99. The Morgan fingerprint density at radius 2 is 1.84 bits per heavy atom. The van der Waals surface area contributed by atoms with Crippen molar-refractivity contribution in [1.29, 1.82) is 0 Å². The van der Waals surface area contributed by atoms with Crippen LogP contribution in [-0.4, -0.2) is 41.0 Å². The highest BCUT2D eigenvalue weighted by atomic mass is 35.5. The number of rotatable bonds is 2. The van der Waals surface area contributed by atoms with Crippen LogP contribution in [0, 0.1) is 11.8 Å². The first-order valence-electron chi connectivity index (χ1n) is 10.7. The van der Waals surface area contributed by atoms with Crippen molar-refractivity contribution in [3.63, 3.8) is 0 Å². The minimum absolute atomic E-state index is 0.0934. The first kappa shape index (κ1) is 19.6. The summed E-state index contributed by atoms with van der Waals surface area (Å²) in [6.07, 6.45) is 1.61. The molecule has 7 nitrogen and oxygen atoms in total. The molecule has 162 valence electrons. The van der Waals surface area contributed by atoms with Gasteiger partial charge in [0.1, 0.15) is 5.54 Å². The SMILES string of the molecule is CC(=O)c1ccc(N2C(=O)[C@@H]3[C@@H]4CCCN4[C@@]4(C(=O)Nc5ccc(Cl)cc54)[C@H]3C2=O)cc1. The summed E-state index contributed by atoms with van der Waals surface area (Å²) in [7, 11) is 0. The van der Waals surface area contributed by atoms with Crippen LogP contribution in [-0.2, 0) is 19.9 Å². The van der Waals surface area contributed by atoms with Crippen LogP contribution in [0.3, 0.4) is 0 Å². The van der Waals surface area contributed by atoms with Gasteiger partial charge in [0.25, 0.3) is 0 Å². The summed E-state index contributed by atoms with van der Waals surface area (Å²) < 4.78 is 0. The summed E-state index contributed by atoms with van der Waals surface area (Å²) in [5, 5.41) is 3.41. The number of benzene rings is 2. The Hall–Kier alpha value is -3.03. The van der Waals surface area contributed by atoms with Crippen LogP contribution < -0.4 is 10.2 Å². The van der Waals surface area contributed by atoms with Crippen LogP contribution in [0.2, 0.25) is 5.02 Å². The molecule has 4 heterocycles. The van der Waals surface area contributed by atoms with Gasteiger partial charge in [-0.3, -0.25) is 24.1 Å². The second-order valence-corrected chi connectivity index (χ2v) is 9.37. The molecule has 0 saturated carbocycles. The molecule has 0 bridgehead atoms. The summed E-state index contributed by atoms with van der Waals surface area (Å²) in [6.45, 7) is 2.11. The van der Waals surface area contributed by atoms with E-state index in [-0.39, 0.29) is 29.5 Å². The number of ketones is 1. The van der Waals surface area contributed by atoms with Crippen LogP contribution in [0.4, 0.5) is 11.4 Å². The molecule has 32 heavy (non-hydrogen) atoms. The number of anilines is 2. The van der Waals surface area contributed by atoms with Crippen LogP contribution in [0.5, 0.6) is 0 Å². The van der Waals surface area contributed by atoms with Crippen molar-refractivity contribution in [1.82, 2.24) is 4.90 Å². The number of fused-ring (bicyclic) bond motifs is 7. The molecule has 3 fully saturated rings. The number of amides is 3. The second kappa shape index (κ2) is 6.49. The molecule has 0 aromatic heterocycles. The molecule has 4 aliphatic rings. The number of imide groups is 1. The fourth-order valence-electron chi connectivity index (χ4n) is 6.27. The zero-order valence-corrected chi connectivity index (χ0v) is 18.1. The van der Waals surface area contributed by atoms with Gasteiger partial charge in [0, 0.05) is 27.9 Å². The van der Waals surface area contributed by atoms with Gasteiger partial charge in [-0.1, -0.05) is 11.6 Å². The van der Waals surface area contributed by atoms with Crippen molar-refractivity contribution < 1.29 is 19.2 Å². The molecular weight excluding hydrogens is 430 g/mol. The molecule has 0 radical (unpaired) electrons. The molecule has 8 heteroatoms. The van der Waals surface area contributed by atoms with E-state index < -0.39 is 17.4 Å². The van der Waals surface area contributed by atoms with Gasteiger partial charge in [-0.25, -0.2) is 4.90 Å². The Bertz CT molecular complexity index is 1230. The fraction of sp³-hybridized carbons (Fsp3) is 0.333. The van der Waals surface area contributed by atoms with Gasteiger partial charge >= 0.3 is 0 Å². The molecule has 4 atom stereocenters. The lowest BCUT2D eigenvalue weighted by atomic mass is 9.75. The van der Waals surface area contributed by atoms with E-state index in [9.17, 15) is 19.2 Å². The molecule has 2 aromatic rings.